The van der Waals surface area contributed by atoms with Gasteiger partial charge in [-0.15, -0.1) is 4.91 Å². The van der Waals surface area contributed by atoms with Crippen molar-refractivity contribution in [2.75, 3.05) is 0 Å². The topological polar surface area (TPSA) is 84.9 Å². The highest BCUT2D eigenvalue weighted by atomic mass is 16.3. The van der Waals surface area contributed by atoms with Crippen molar-refractivity contribution in [3.63, 3.8) is 0 Å². The summed E-state index contributed by atoms with van der Waals surface area (Å²) < 4.78 is 0. The van der Waals surface area contributed by atoms with E-state index in [9.17, 15) is 9.70 Å². The van der Waals surface area contributed by atoms with Crippen molar-refractivity contribution < 1.29 is 4.79 Å². The standard InChI is InChI=1S/C5H5N3O2/c6-5-3(8-10)1-2-4(9)7-5/h1H,2H2,(H2,6,7,9). The fourth-order valence-corrected chi connectivity index (χ4v) is 0.610. The number of carbonyl (C=O) groups is 1. The maximum atomic E-state index is 10.5. The van der Waals surface area contributed by atoms with Gasteiger partial charge in [0.1, 0.15) is 5.70 Å². The first-order valence-corrected chi connectivity index (χ1v) is 2.65. The zero-order valence-corrected chi connectivity index (χ0v) is 5.07. The Balaban J connectivity index is 2.91. The van der Waals surface area contributed by atoms with E-state index in [1.807, 2.05) is 0 Å². The average molecular weight is 139 g/mol. The van der Waals surface area contributed by atoms with Gasteiger partial charge in [-0.3, -0.25) is 4.79 Å². The SMILES string of the molecule is NC1=NC(=O)CC=C1N=O. The molecule has 5 heteroatoms. The van der Waals surface area contributed by atoms with Crippen molar-refractivity contribution in [2.24, 2.45) is 15.9 Å². The number of hydrogen-bond donors (Lipinski definition) is 1. The largest absolute Gasteiger partial charge is 0.382 e. The Morgan fingerprint density at radius 1 is 1.70 bits per heavy atom. The smallest absolute Gasteiger partial charge is 0.251 e. The lowest BCUT2D eigenvalue weighted by atomic mass is 10.2. The van der Waals surface area contributed by atoms with Gasteiger partial charge in [0.25, 0.3) is 5.91 Å². The first-order valence-electron chi connectivity index (χ1n) is 2.65. The monoisotopic (exact) mass is 139 g/mol. The van der Waals surface area contributed by atoms with Gasteiger partial charge < -0.3 is 5.73 Å². The van der Waals surface area contributed by atoms with Crippen LogP contribution in [0.2, 0.25) is 0 Å². The van der Waals surface area contributed by atoms with Crippen LogP contribution in [0.5, 0.6) is 0 Å². The molecule has 0 unspecified atom stereocenters. The first-order chi connectivity index (χ1) is 4.74. The van der Waals surface area contributed by atoms with Crippen LogP contribution in [0.3, 0.4) is 0 Å². The molecule has 0 aliphatic carbocycles. The summed E-state index contributed by atoms with van der Waals surface area (Å²) in [6, 6.07) is 0. The number of rotatable bonds is 1. The van der Waals surface area contributed by atoms with E-state index in [0.29, 0.717) is 0 Å². The third-order valence-corrected chi connectivity index (χ3v) is 1.08. The van der Waals surface area contributed by atoms with Crippen molar-refractivity contribution >= 4 is 11.7 Å². The molecule has 1 aliphatic heterocycles. The Bertz CT molecular complexity index is 241. The summed E-state index contributed by atoms with van der Waals surface area (Å²) >= 11 is 0. The van der Waals surface area contributed by atoms with E-state index in [1.54, 1.807) is 0 Å². The highest BCUT2D eigenvalue weighted by Gasteiger charge is 2.11. The molecule has 1 heterocycles. The molecule has 0 atom stereocenters. The number of amides is 1. The van der Waals surface area contributed by atoms with E-state index in [4.69, 9.17) is 5.73 Å². The van der Waals surface area contributed by atoms with Crippen LogP contribution in [0, 0.1) is 4.91 Å². The highest BCUT2D eigenvalue weighted by Crippen LogP contribution is 2.05. The quantitative estimate of drug-likeness (QED) is 0.515. The molecule has 0 aromatic rings. The summed E-state index contributed by atoms with van der Waals surface area (Å²) in [7, 11) is 0. The van der Waals surface area contributed by atoms with Crippen LogP contribution in [0.25, 0.3) is 0 Å². The highest BCUT2D eigenvalue weighted by molar-refractivity contribution is 6.06. The fourth-order valence-electron chi connectivity index (χ4n) is 0.610. The fraction of sp³-hybridized carbons (Fsp3) is 0.200. The van der Waals surface area contributed by atoms with Gasteiger partial charge in [0.15, 0.2) is 5.84 Å². The van der Waals surface area contributed by atoms with E-state index >= 15 is 0 Å². The molecule has 1 amide bonds. The molecule has 10 heavy (non-hydrogen) atoms. The summed E-state index contributed by atoms with van der Waals surface area (Å²) in [6.45, 7) is 0. The van der Waals surface area contributed by atoms with E-state index in [1.165, 1.54) is 6.08 Å². The number of nitrogens with zero attached hydrogens (tertiary/aromatic N) is 2. The molecule has 0 saturated heterocycles. The third kappa shape index (κ3) is 1.07. The Labute approximate surface area is 56.6 Å². The molecule has 0 radical (unpaired) electrons. The predicted octanol–water partition coefficient (Wildman–Crippen LogP) is -0.0758. The van der Waals surface area contributed by atoms with E-state index in [2.05, 4.69) is 10.2 Å². The normalized spacial score (nSPS) is 17.8. The summed E-state index contributed by atoms with van der Waals surface area (Å²) in [5.41, 5.74) is 5.20. The summed E-state index contributed by atoms with van der Waals surface area (Å²) in [4.78, 5) is 23.7. The molecule has 5 nitrogen and oxygen atoms in total. The van der Waals surface area contributed by atoms with Gasteiger partial charge >= 0.3 is 0 Å². The van der Waals surface area contributed by atoms with Crippen molar-refractivity contribution in [3.05, 3.63) is 16.7 Å². The van der Waals surface area contributed by atoms with Gasteiger partial charge in [-0.25, -0.2) is 0 Å². The molecule has 1 rings (SSSR count). The molecule has 0 aromatic heterocycles. The second kappa shape index (κ2) is 2.38. The number of aliphatic imine (C=N–C) groups is 1. The molecule has 0 saturated carbocycles. The van der Waals surface area contributed by atoms with Gasteiger partial charge in [0, 0.05) is 6.42 Å². The lowest BCUT2D eigenvalue weighted by molar-refractivity contribution is -0.117. The maximum Gasteiger partial charge on any atom is 0.251 e. The average Bonchev–Trinajstić information content (AvgIpc) is 1.88. The van der Waals surface area contributed by atoms with Crippen molar-refractivity contribution in [2.45, 2.75) is 6.42 Å². The van der Waals surface area contributed by atoms with Gasteiger partial charge in [0.2, 0.25) is 0 Å². The van der Waals surface area contributed by atoms with Gasteiger partial charge in [0.05, 0.1) is 0 Å². The van der Waals surface area contributed by atoms with Crippen LogP contribution >= 0.6 is 0 Å². The van der Waals surface area contributed by atoms with Crippen molar-refractivity contribution in [1.82, 2.24) is 0 Å². The molecular formula is C5H5N3O2. The minimum atomic E-state index is -0.343. The second-order valence-electron chi connectivity index (χ2n) is 1.78. The molecule has 1 aliphatic rings. The summed E-state index contributed by atoms with van der Waals surface area (Å²) in [5, 5.41) is 2.57. The molecule has 2 N–H and O–H groups in total. The molecule has 52 valence electrons. The van der Waals surface area contributed by atoms with Crippen molar-refractivity contribution in [1.29, 1.82) is 0 Å². The van der Waals surface area contributed by atoms with E-state index < -0.39 is 0 Å². The van der Waals surface area contributed by atoms with Crippen molar-refractivity contribution in [3.8, 4) is 0 Å². The number of nitroso groups, excluding NO2 is 1. The van der Waals surface area contributed by atoms with Gasteiger partial charge in [-0.1, -0.05) is 0 Å². The predicted molar refractivity (Wildman–Crippen MR) is 35.1 cm³/mol. The van der Waals surface area contributed by atoms with E-state index in [-0.39, 0.29) is 23.9 Å². The lowest BCUT2D eigenvalue weighted by Gasteiger charge is -2.01. The Morgan fingerprint density at radius 3 is 2.90 bits per heavy atom. The molecule has 0 spiro atoms. The van der Waals surface area contributed by atoms with E-state index in [0.717, 1.165) is 0 Å². The van der Waals surface area contributed by atoms with Crippen LogP contribution < -0.4 is 5.73 Å². The summed E-state index contributed by atoms with van der Waals surface area (Å²) in [6.07, 6.45) is 1.47. The number of nitrogens with two attached hydrogens (primary N) is 1. The van der Waals surface area contributed by atoms with Gasteiger partial charge in [-0.05, 0) is 11.3 Å². The number of dihydropyridines is 1. The third-order valence-electron chi connectivity index (χ3n) is 1.08. The Hall–Kier alpha value is -1.52. The minimum absolute atomic E-state index is 0.0552. The van der Waals surface area contributed by atoms with Crippen LogP contribution in [-0.4, -0.2) is 11.7 Å². The number of carbonyl (C=O) groups excluding carboxylic acids is 1. The zero-order valence-electron chi connectivity index (χ0n) is 5.07. The van der Waals surface area contributed by atoms with Gasteiger partial charge in [-0.2, -0.15) is 4.99 Å². The zero-order chi connectivity index (χ0) is 7.56. The first kappa shape index (κ1) is 6.60. The summed E-state index contributed by atoms with van der Waals surface area (Å²) in [5.74, 6) is -0.434. The van der Waals surface area contributed by atoms with Crippen LogP contribution in [0.4, 0.5) is 0 Å². The second-order valence-corrected chi connectivity index (χ2v) is 1.78. The Morgan fingerprint density at radius 2 is 2.40 bits per heavy atom. The lowest BCUT2D eigenvalue weighted by Crippen LogP contribution is -2.19. The molecule has 0 bridgehead atoms. The van der Waals surface area contributed by atoms with Crippen LogP contribution in [0.1, 0.15) is 6.42 Å². The number of hydrogen-bond acceptors (Lipinski definition) is 4. The Kier molecular flexibility index (Phi) is 1.57. The molecular weight excluding hydrogens is 134 g/mol. The molecule has 0 fully saturated rings. The van der Waals surface area contributed by atoms with Crippen LogP contribution in [-0.2, 0) is 4.79 Å². The molecule has 0 aromatic carbocycles. The maximum absolute atomic E-state index is 10.5. The van der Waals surface area contributed by atoms with Crippen LogP contribution in [0.15, 0.2) is 21.9 Å². The number of amidine groups is 1. The minimum Gasteiger partial charge on any atom is -0.382 e.